The molecule has 0 spiro atoms. The van der Waals surface area contributed by atoms with Crippen LogP contribution in [0.4, 0.5) is 0 Å². The van der Waals surface area contributed by atoms with Gasteiger partial charge in [-0.25, -0.2) is 0 Å². The Hall–Kier alpha value is -5.10. The monoisotopic (exact) mass is 752 g/mol. The number of amides is 1. The number of carbonyl (C=O) groups is 2. The van der Waals surface area contributed by atoms with Crippen LogP contribution in [-0.2, 0) is 35.0 Å². The molecule has 4 aromatic carbocycles. The molecular weight excluding hydrogens is 707 g/mol. The van der Waals surface area contributed by atoms with Gasteiger partial charge in [0.25, 0.3) is 5.91 Å². The summed E-state index contributed by atoms with van der Waals surface area (Å²) in [6.07, 6.45) is -0.334. The third kappa shape index (κ3) is 11.2. The Labute approximate surface area is 322 Å². The van der Waals surface area contributed by atoms with Crippen LogP contribution < -0.4 is 10.1 Å². The molecule has 2 atom stereocenters. The number of rotatable bonds is 11. The molecule has 10 heteroatoms. The summed E-state index contributed by atoms with van der Waals surface area (Å²) in [6, 6.07) is 33.8. The second kappa shape index (κ2) is 18.6. The largest absolute Gasteiger partial charge is 0.457 e. The summed E-state index contributed by atoms with van der Waals surface area (Å²) in [5.41, 5.74) is 4.97. The van der Waals surface area contributed by atoms with Crippen molar-refractivity contribution in [3.63, 3.8) is 0 Å². The van der Waals surface area contributed by atoms with Crippen molar-refractivity contribution in [3.05, 3.63) is 147 Å². The van der Waals surface area contributed by atoms with E-state index in [4.69, 9.17) is 32.7 Å². The summed E-state index contributed by atoms with van der Waals surface area (Å²) in [7, 11) is 1.73. The van der Waals surface area contributed by atoms with Crippen LogP contribution >= 0.6 is 23.2 Å². The van der Waals surface area contributed by atoms with Crippen LogP contribution in [0.5, 0.6) is 11.5 Å². The molecule has 0 fully saturated rings. The number of aromatic nitrogens is 2. The first-order valence-corrected chi connectivity index (χ1v) is 18.2. The third-order valence-corrected chi connectivity index (χ3v) is 9.17. The van der Waals surface area contributed by atoms with Crippen LogP contribution in [-0.4, -0.2) is 21.7 Å². The smallest absolute Gasteiger partial charge is 0.315 e. The number of benzene rings is 4. The lowest BCUT2D eigenvalue weighted by Crippen LogP contribution is -2.25. The van der Waals surface area contributed by atoms with Crippen LogP contribution in [0.3, 0.4) is 0 Å². The van der Waals surface area contributed by atoms with Crippen LogP contribution in [0.25, 0.3) is 0 Å². The van der Waals surface area contributed by atoms with E-state index < -0.39 is 18.0 Å². The molecule has 0 aliphatic carbocycles. The zero-order valence-electron chi connectivity index (χ0n) is 31.2. The molecule has 0 saturated heterocycles. The van der Waals surface area contributed by atoms with Gasteiger partial charge < -0.3 is 14.8 Å². The summed E-state index contributed by atoms with van der Waals surface area (Å²) in [4.78, 5) is 25.3. The molecule has 0 saturated carbocycles. The topological polar surface area (TPSA) is 106 Å². The SMILES string of the molecule is CC(C)[C@H](C(=O)O[C@H](C#N)c1cccc(Oc2ccccc2)c1)c1ccc(Cl)cc1.CCc1nn(C)c(C(=O)NCc2ccc(C(C)(C)C)cc2)c1Cl. The lowest BCUT2D eigenvalue weighted by Gasteiger charge is -2.22. The molecule has 1 N–H and O–H groups in total. The molecule has 1 heterocycles. The van der Waals surface area contributed by atoms with Gasteiger partial charge in [-0.1, -0.05) is 131 Å². The molecule has 0 radical (unpaired) electrons. The van der Waals surface area contributed by atoms with Crippen molar-refractivity contribution in [1.82, 2.24) is 15.1 Å². The summed E-state index contributed by atoms with van der Waals surface area (Å²) in [6.45, 7) is 12.9. The predicted octanol–water partition coefficient (Wildman–Crippen LogP) is 10.5. The minimum absolute atomic E-state index is 0.00855. The maximum atomic E-state index is 13.0. The molecule has 0 unspecified atom stereocenters. The van der Waals surface area contributed by atoms with E-state index in [2.05, 4.69) is 49.4 Å². The van der Waals surface area contributed by atoms with Crippen LogP contribution in [0.1, 0.15) is 92.0 Å². The highest BCUT2D eigenvalue weighted by atomic mass is 35.5. The minimum atomic E-state index is -1.04. The first-order chi connectivity index (χ1) is 25.2. The number of hydrogen-bond acceptors (Lipinski definition) is 6. The Morgan fingerprint density at radius 2 is 1.53 bits per heavy atom. The summed E-state index contributed by atoms with van der Waals surface area (Å²) >= 11 is 12.2. The van der Waals surface area contributed by atoms with E-state index in [-0.39, 0.29) is 17.2 Å². The maximum Gasteiger partial charge on any atom is 0.315 e. The fourth-order valence-electron chi connectivity index (χ4n) is 5.60. The van der Waals surface area contributed by atoms with Crippen molar-refractivity contribution in [3.8, 4) is 17.6 Å². The van der Waals surface area contributed by atoms with E-state index in [1.807, 2.05) is 75.4 Å². The lowest BCUT2D eigenvalue weighted by atomic mass is 9.87. The van der Waals surface area contributed by atoms with Crippen molar-refractivity contribution in [2.75, 3.05) is 0 Å². The Morgan fingerprint density at radius 3 is 2.09 bits per heavy atom. The molecule has 0 aliphatic heterocycles. The molecule has 8 nitrogen and oxygen atoms in total. The molecule has 0 aliphatic rings. The van der Waals surface area contributed by atoms with Gasteiger partial charge in [-0.15, -0.1) is 0 Å². The quantitative estimate of drug-likeness (QED) is 0.135. The molecule has 5 aromatic rings. The van der Waals surface area contributed by atoms with Crippen molar-refractivity contribution in [2.45, 2.75) is 71.9 Å². The number of para-hydroxylation sites is 1. The highest BCUT2D eigenvalue weighted by molar-refractivity contribution is 6.34. The van der Waals surface area contributed by atoms with E-state index in [1.54, 1.807) is 48.1 Å². The molecular formula is C43H46Cl2N4O4. The van der Waals surface area contributed by atoms with E-state index >= 15 is 0 Å². The van der Waals surface area contributed by atoms with Crippen LogP contribution in [0.2, 0.25) is 10.0 Å². The highest BCUT2D eigenvalue weighted by Gasteiger charge is 2.29. The van der Waals surface area contributed by atoms with Gasteiger partial charge in [-0.05, 0) is 70.8 Å². The Kier molecular flexibility index (Phi) is 14.3. The zero-order valence-corrected chi connectivity index (χ0v) is 32.7. The van der Waals surface area contributed by atoms with Gasteiger partial charge in [0, 0.05) is 24.2 Å². The van der Waals surface area contributed by atoms with Crippen LogP contribution in [0, 0.1) is 17.2 Å². The van der Waals surface area contributed by atoms with Crippen LogP contribution in [0.15, 0.2) is 103 Å². The number of ether oxygens (including phenoxy) is 2. The first kappa shape index (κ1) is 40.7. The fourth-order valence-corrected chi connectivity index (χ4v) is 6.11. The fraction of sp³-hybridized carbons (Fsp3) is 0.302. The van der Waals surface area contributed by atoms with Gasteiger partial charge in [0.1, 0.15) is 23.3 Å². The van der Waals surface area contributed by atoms with Crippen molar-refractivity contribution in [1.29, 1.82) is 5.26 Å². The molecule has 1 aromatic heterocycles. The van der Waals surface area contributed by atoms with E-state index in [0.29, 0.717) is 45.8 Å². The van der Waals surface area contributed by atoms with Gasteiger partial charge in [0.05, 0.1) is 16.6 Å². The summed E-state index contributed by atoms with van der Waals surface area (Å²) in [5, 5.41) is 17.9. The summed E-state index contributed by atoms with van der Waals surface area (Å²) < 4.78 is 13.0. The zero-order chi connectivity index (χ0) is 38.7. The Bertz CT molecular complexity index is 2010. The minimum Gasteiger partial charge on any atom is -0.457 e. The Balaban J connectivity index is 0.000000245. The van der Waals surface area contributed by atoms with Gasteiger partial charge in [0.15, 0.2) is 0 Å². The van der Waals surface area contributed by atoms with E-state index in [9.17, 15) is 14.9 Å². The average Bonchev–Trinajstić information content (AvgIpc) is 3.43. The standard InChI is InChI=1S/C25H22ClNO3.C18H24ClN3O/c1-17(2)24(18-11-13-20(26)14-12-18)25(28)30-23(16-27)19-7-6-10-22(15-19)29-21-8-4-3-5-9-21;1-6-14-15(19)16(22(5)21-14)17(23)20-11-12-7-9-13(10-8-12)18(2,3)4/h3-15,17,23-24H,1-2H3;7-10H,6,11H2,1-5H3,(H,20,23)/t23-,24+;/m1./s1. The number of halogens is 2. The van der Waals surface area contributed by atoms with Gasteiger partial charge in [-0.3, -0.25) is 14.3 Å². The Morgan fingerprint density at radius 1 is 0.887 bits per heavy atom. The molecule has 5 rings (SSSR count). The highest BCUT2D eigenvalue weighted by Crippen LogP contribution is 2.31. The maximum absolute atomic E-state index is 13.0. The number of carbonyl (C=O) groups excluding carboxylic acids is 2. The lowest BCUT2D eigenvalue weighted by molar-refractivity contribution is -0.150. The first-order valence-electron chi connectivity index (χ1n) is 17.5. The summed E-state index contributed by atoms with van der Waals surface area (Å²) in [5.74, 6) is 0.0846. The molecule has 0 bridgehead atoms. The predicted molar refractivity (Wildman–Crippen MR) is 210 cm³/mol. The third-order valence-electron chi connectivity index (χ3n) is 8.52. The number of esters is 1. The van der Waals surface area contributed by atoms with E-state index in [1.165, 1.54) is 5.56 Å². The molecule has 1 amide bonds. The second-order valence-corrected chi connectivity index (χ2v) is 14.7. The van der Waals surface area contributed by atoms with E-state index in [0.717, 1.165) is 16.8 Å². The molecule has 53 heavy (non-hydrogen) atoms. The van der Waals surface area contributed by atoms with Gasteiger partial charge >= 0.3 is 5.97 Å². The second-order valence-electron chi connectivity index (χ2n) is 13.9. The van der Waals surface area contributed by atoms with Crippen molar-refractivity contribution in [2.24, 2.45) is 13.0 Å². The average molecular weight is 754 g/mol. The normalized spacial score (nSPS) is 12.2. The number of hydrogen-bond donors (Lipinski definition) is 1. The van der Waals surface area contributed by atoms with Gasteiger partial charge in [-0.2, -0.15) is 10.4 Å². The number of nitrogens with zero attached hydrogens (tertiary/aromatic N) is 3. The van der Waals surface area contributed by atoms with Crippen molar-refractivity contribution >= 4 is 35.1 Å². The van der Waals surface area contributed by atoms with Crippen molar-refractivity contribution < 1.29 is 19.1 Å². The molecule has 276 valence electrons. The van der Waals surface area contributed by atoms with Gasteiger partial charge in [0.2, 0.25) is 6.10 Å². The number of nitrogens with one attached hydrogen (secondary N) is 1. The number of aryl methyl sites for hydroxylation is 2. The number of nitriles is 1.